The summed E-state index contributed by atoms with van der Waals surface area (Å²) in [6, 6.07) is -0.231. The summed E-state index contributed by atoms with van der Waals surface area (Å²) in [7, 11) is 0. The molecule has 37 heavy (non-hydrogen) atoms. The van der Waals surface area contributed by atoms with Gasteiger partial charge in [-0.1, -0.05) is 4.98 Å². The zero-order valence-corrected chi connectivity index (χ0v) is 20.0. The maximum absolute atomic E-state index is 13.3. The lowest BCUT2D eigenvalue weighted by Gasteiger charge is -2.17. The zero-order valence-electron chi connectivity index (χ0n) is 20.0. The topological polar surface area (TPSA) is 221 Å². The maximum atomic E-state index is 13.3. The third-order valence-corrected chi connectivity index (χ3v) is 7.50. The van der Waals surface area contributed by atoms with Crippen LogP contribution < -0.4 is 27.3 Å². The first-order chi connectivity index (χ1) is 17.6. The predicted octanol–water partition coefficient (Wildman–Crippen LogP) is -2.42. The van der Waals surface area contributed by atoms with Crippen LogP contribution in [0.5, 0.6) is 0 Å². The van der Waals surface area contributed by atoms with Crippen LogP contribution >= 0.6 is 0 Å². The van der Waals surface area contributed by atoms with Crippen LogP contribution in [0.3, 0.4) is 0 Å². The number of fused-ring (bicyclic) bond motifs is 4. The monoisotopic (exact) mass is 511 g/mol. The molecule has 3 aromatic heterocycles. The maximum Gasteiger partial charge on any atom is 0.313 e. The number of Topliss-reactive ketones (excluding diaryl/α,β-unsaturated/α-hetero) is 2. The number of aliphatic hydroxyl groups is 2. The second-order valence-corrected chi connectivity index (χ2v) is 9.81. The molecule has 0 aromatic carbocycles. The van der Waals surface area contributed by atoms with E-state index in [9.17, 15) is 24.6 Å². The Kier molecular flexibility index (Phi) is 5.14. The van der Waals surface area contributed by atoms with Gasteiger partial charge in [-0.3, -0.25) is 23.9 Å². The van der Waals surface area contributed by atoms with E-state index in [1.807, 2.05) is 0 Å². The van der Waals surface area contributed by atoms with Crippen molar-refractivity contribution >= 4 is 28.7 Å². The molecule has 1 fully saturated rings. The third-order valence-electron chi connectivity index (χ3n) is 7.50. The van der Waals surface area contributed by atoms with E-state index in [0.29, 0.717) is 18.5 Å². The lowest BCUT2D eigenvalue weighted by molar-refractivity contribution is -0.739. The quantitative estimate of drug-likeness (QED) is 0.203. The molecule has 0 unspecified atom stereocenters. The van der Waals surface area contributed by atoms with Crippen molar-refractivity contribution in [3.63, 3.8) is 0 Å². The van der Waals surface area contributed by atoms with E-state index in [1.165, 1.54) is 6.92 Å². The number of aromatic nitrogens is 5. The molecule has 3 aromatic rings. The molecule has 3 aliphatic rings. The molecule has 194 valence electrons. The van der Waals surface area contributed by atoms with Crippen LogP contribution in [0.25, 0.3) is 11.2 Å². The number of ether oxygens (including phenoxy) is 1. The van der Waals surface area contributed by atoms with Gasteiger partial charge >= 0.3 is 5.65 Å². The van der Waals surface area contributed by atoms with Crippen molar-refractivity contribution in [1.29, 1.82) is 0 Å². The molecular formula is C23H27N8O6+. The number of carbonyl (C=O) groups excluding carboxylic acids is 2. The standard InChI is InChI=1S/C23H26N8O6/c1-8-16(25)20(35)15-10(11-2-9(24)4-30(11)17(15)19(8)34)5-29-7-31(14-3-12(33)13(6-32)37-14)21-18(29)22(36)28-23(26)27-21/h7,9,12-14,32-33H,2-6,24H2,1H3,(H4-,25,26,27,28,34,36)/p+1/t9-,12+,13-,14-/m1/s1. The van der Waals surface area contributed by atoms with Crippen LogP contribution in [0.1, 0.15) is 51.7 Å². The lowest BCUT2D eigenvalue weighted by Crippen LogP contribution is -2.39. The van der Waals surface area contributed by atoms with Crippen molar-refractivity contribution in [1.82, 2.24) is 19.1 Å². The highest BCUT2D eigenvalue weighted by Crippen LogP contribution is 2.36. The Labute approximate surface area is 208 Å². The van der Waals surface area contributed by atoms with E-state index in [-0.39, 0.29) is 71.0 Å². The third kappa shape index (κ3) is 3.30. The van der Waals surface area contributed by atoms with Crippen molar-refractivity contribution < 1.29 is 29.1 Å². The number of carbonyl (C=O) groups is 2. The predicted molar refractivity (Wildman–Crippen MR) is 127 cm³/mol. The number of hydrogen-bond donors (Lipinski definition) is 6. The molecule has 0 amide bonds. The molecular weight excluding hydrogens is 484 g/mol. The minimum atomic E-state index is -0.912. The summed E-state index contributed by atoms with van der Waals surface area (Å²) in [6.07, 6.45) is -0.239. The molecule has 14 heteroatoms. The summed E-state index contributed by atoms with van der Waals surface area (Å²) in [4.78, 5) is 46.3. The van der Waals surface area contributed by atoms with Crippen LogP contribution in [0, 0.1) is 0 Å². The fourth-order valence-electron chi connectivity index (χ4n) is 5.68. The first-order valence-corrected chi connectivity index (χ1v) is 11.9. The average Bonchev–Trinajstić information content (AvgIpc) is 3.58. The first-order valence-electron chi connectivity index (χ1n) is 11.9. The molecule has 0 bridgehead atoms. The van der Waals surface area contributed by atoms with Crippen molar-refractivity contribution in [2.45, 2.75) is 57.3 Å². The Bertz CT molecular complexity index is 1600. The van der Waals surface area contributed by atoms with Crippen LogP contribution in [-0.4, -0.2) is 65.7 Å². The van der Waals surface area contributed by atoms with Gasteiger partial charge in [0, 0.05) is 42.3 Å². The molecule has 1 saturated heterocycles. The molecule has 14 nitrogen and oxygen atoms in total. The van der Waals surface area contributed by atoms with E-state index in [1.54, 1.807) is 20.0 Å². The number of nitrogens with zero attached hydrogens (tertiary/aromatic N) is 4. The van der Waals surface area contributed by atoms with Gasteiger partial charge in [0.25, 0.3) is 11.5 Å². The van der Waals surface area contributed by atoms with Gasteiger partial charge < -0.3 is 36.7 Å². The molecule has 9 N–H and O–H groups in total. The number of imidazole rings is 1. The van der Waals surface area contributed by atoms with Crippen molar-refractivity contribution in [2.75, 3.05) is 12.3 Å². The summed E-state index contributed by atoms with van der Waals surface area (Å²) < 4.78 is 10.7. The lowest BCUT2D eigenvalue weighted by atomic mass is 9.89. The van der Waals surface area contributed by atoms with E-state index < -0.39 is 29.8 Å². The number of nitrogen functional groups attached to an aromatic ring is 1. The Hall–Kier alpha value is -3.85. The van der Waals surface area contributed by atoms with E-state index in [0.717, 1.165) is 5.69 Å². The number of nitrogens with one attached hydrogen (secondary N) is 1. The molecule has 5 heterocycles. The van der Waals surface area contributed by atoms with Crippen molar-refractivity contribution in [3.8, 4) is 0 Å². The number of ketones is 2. The number of aliphatic hydroxyl groups excluding tert-OH is 2. The SMILES string of the molecule is CC1=C(N)C(=O)c2c(Cn3c[n+]([C@H]4C[C@H](O)[C@@H](CO)O4)c4nc(N)[nH]c(=O)c43)c3n(c2C1=O)C[C@H](N)C3. The molecule has 6 rings (SSSR count). The normalized spacial score (nSPS) is 25.4. The van der Waals surface area contributed by atoms with Gasteiger partial charge in [-0.05, 0) is 6.92 Å². The highest BCUT2D eigenvalue weighted by Gasteiger charge is 2.42. The smallest absolute Gasteiger partial charge is 0.313 e. The summed E-state index contributed by atoms with van der Waals surface area (Å²) in [5.74, 6) is -0.869. The van der Waals surface area contributed by atoms with Crippen LogP contribution in [0.15, 0.2) is 22.4 Å². The van der Waals surface area contributed by atoms with E-state index in [2.05, 4.69) is 9.97 Å². The van der Waals surface area contributed by atoms with Crippen molar-refractivity contribution in [2.24, 2.45) is 11.5 Å². The summed E-state index contributed by atoms with van der Waals surface area (Å²) in [5.41, 5.74) is 19.8. The number of hydrogen-bond acceptors (Lipinski definition) is 10. The molecule has 1 aliphatic carbocycles. The minimum Gasteiger partial charge on any atom is -0.395 e. The number of rotatable bonds is 4. The minimum absolute atomic E-state index is 0.0413. The largest absolute Gasteiger partial charge is 0.395 e. The summed E-state index contributed by atoms with van der Waals surface area (Å²) in [6.45, 7) is 1.58. The Balaban J connectivity index is 1.54. The van der Waals surface area contributed by atoms with Gasteiger partial charge in [-0.15, -0.1) is 0 Å². The fourth-order valence-corrected chi connectivity index (χ4v) is 5.68. The zero-order chi connectivity index (χ0) is 26.3. The molecule has 4 atom stereocenters. The highest BCUT2D eigenvalue weighted by molar-refractivity contribution is 6.26. The molecule has 2 aliphatic heterocycles. The van der Waals surface area contributed by atoms with Crippen LogP contribution in [0.2, 0.25) is 0 Å². The Morgan fingerprint density at radius 3 is 2.73 bits per heavy atom. The molecule has 0 radical (unpaired) electrons. The van der Waals surface area contributed by atoms with Gasteiger partial charge in [0.05, 0.1) is 30.5 Å². The first kappa shape index (κ1) is 23.5. The summed E-state index contributed by atoms with van der Waals surface area (Å²) >= 11 is 0. The molecule has 0 spiro atoms. The molecule has 0 saturated carbocycles. The van der Waals surface area contributed by atoms with Gasteiger partial charge in [-0.2, -0.15) is 0 Å². The van der Waals surface area contributed by atoms with Crippen LogP contribution in [0.4, 0.5) is 5.95 Å². The van der Waals surface area contributed by atoms with Gasteiger partial charge in [0.15, 0.2) is 12.6 Å². The van der Waals surface area contributed by atoms with E-state index >= 15 is 0 Å². The van der Waals surface area contributed by atoms with Gasteiger partial charge in [0.1, 0.15) is 11.8 Å². The number of H-pyrrole nitrogens is 1. The second-order valence-electron chi connectivity index (χ2n) is 9.81. The number of aromatic amines is 1. The highest BCUT2D eigenvalue weighted by atomic mass is 16.5. The number of nitrogens with two attached hydrogens (primary N) is 3. The Morgan fingerprint density at radius 2 is 2.03 bits per heavy atom. The van der Waals surface area contributed by atoms with Crippen molar-refractivity contribution in [3.05, 3.63) is 50.5 Å². The van der Waals surface area contributed by atoms with Gasteiger partial charge in [0.2, 0.25) is 17.1 Å². The fraction of sp³-hybridized carbons (Fsp3) is 0.435. The van der Waals surface area contributed by atoms with Gasteiger partial charge in [-0.25, -0.2) is 4.57 Å². The average molecular weight is 512 g/mol. The van der Waals surface area contributed by atoms with Crippen LogP contribution in [-0.2, 0) is 24.2 Å². The van der Waals surface area contributed by atoms with E-state index in [4.69, 9.17) is 21.9 Å². The number of anilines is 1. The summed E-state index contributed by atoms with van der Waals surface area (Å²) in [5, 5.41) is 19.8. The number of allylic oxidation sites excluding steroid dienone is 2. The Morgan fingerprint density at radius 1 is 1.27 bits per heavy atom. The second kappa shape index (κ2) is 8.08.